The second-order valence-electron chi connectivity index (χ2n) is 3.40. The number of hydrogen-bond donors (Lipinski definition) is 0. The summed E-state index contributed by atoms with van der Waals surface area (Å²) in [6.45, 7) is 0.0922. The van der Waals surface area contributed by atoms with Gasteiger partial charge in [0, 0.05) is 25.7 Å². The molecule has 0 spiro atoms. The Labute approximate surface area is 93.2 Å². The van der Waals surface area contributed by atoms with Crippen LogP contribution >= 0.6 is 0 Å². The van der Waals surface area contributed by atoms with Crippen molar-refractivity contribution >= 4 is 11.5 Å². The molecule has 0 aliphatic heterocycles. The molecule has 5 nitrogen and oxygen atoms in total. The Balaban J connectivity index is 2.57. The molecule has 0 heterocycles. The Kier molecular flexibility index (Phi) is 4.60. The van der Waals surface area contributed by atoms with Crippen LogP contribution in [0.4, 0.5) is 5.69 Å². The molecule has 0 fully saturated rings. The van der Waals surface area contributed by atoms with Crippen molar-refractivity contribution in [2.45, 2.75) is 12.8 Å². The molecule has 1 aromatic rings. The van der Waals surface area contributed by atoms with Gasteiger partial charge >= 0.3 is 0 Å². The Morgan fingerprint density at radius 3 is 2.88 bits per heavy atom. The average molecular weight is 223 g/mol. The number of nitrogens with zero attached hydrogens (tertiary/aromatic N) is 1. The number of non-ortho nitro benzene ring substituents is 1. The highest BCUT2D eigenvalue weighted by molar-refractivity contribution is 5.79. The summed E-state index contributed by atoms with van der Waals surface area (Å²) in [5.74, 6) is -0.00555. The van der Waals surface area contributed by atoms with Gasteiger partial charge in [-0.05, 0) is 12.0 Å². The van der Waals surface area contributed by atoms with Gasteiger partial charge in [-0.25, -0.2) is 0 Å². The third kappa shape index (κ3) is 3.78. The van der Waals surface area contributed by atoms with Gasteiger partial charge in [-0.2, -0.15) is 0 Å². The van der Waals surface area contributed by atoms with Gasteiger partial charge in [0.05, 0.1) is 4.92 Å². The minimum Gasteiger partial charge on any atom is -0.377 e. The van der Waals surface area contributed by atoms with E-state index in [-0.39, 0.29) is 18.1 Å². The van der Waals surface area contributed by atoms with E-state index in [1.165, 1.54) is 19.2 Å². The van der Waals surface area contributed by atoms with Crippen molar-refractivity contribution in [3.63, 3.8) is 0 Å². The lowest BCUT2D eigenvalue weighted by Crippen LogP contribution is -2.07. The summed E-state index contributed by atoms with van der Waals surface area (Å²) in [5, 5.41) is 10.5. The Morgan fingerprint density at radius 2 is 2.25 bits per heavy atom. The number of ketones is 1. The molecule has 0 bridgehead atoms. The molecule has 1 aromatic carbocycles. The van der Waals surface area contributed by atoms with Crippen molar-refractivity contribution in [2.75, 3.05) is 13.7 Å². The molecule has 0 aliphatic carbocycles. The van der Waals surface area contributed by atoms with Crippen LogP contribution in [0.25, 0.3) is 0 Å². The molecular formula is C11H13NO4. The summed E-state index contributed by atoms with van der Waals surface area (Å²) in [7, 11) is 1.46. The van der Waals surface area contributed by atoms with Gasteiger partial charge < -0.3 is 4.74 Å². The maximum atomic E-state index is 11.2. The number of hydrogen-bond acceptors (Lipinski definition) is 4. The summed E-state index contributed by atoms with van der Waals surface area (Å²) < 4.78 is 4.70. The van der Waals surface area contributed by atoms with Crippen LogP contribution in [0.15, 0.2) is 24.3 Å². The summed E-state index contributed by atoms with van der Waals surface area (Å²) in [6.07, 6.45) is 0.846. The summed E-state index contributed by atoms with van der Waals surface area (Å²) in [4.78, 5) is 21.2. The second kappa shape index (κ2) is 5.97. The SMILES string of the molecule is COCC(=O)CCc1cccc([N+](=O)[O-])c1. The fourth-order valence-electron chi connectivity index (χ4n) is 1.34. The van der Waals surface area contributed by atoms with E-state index in [2.05, 4.69) is 0 Å². The Bertz CT molecular complexity index is 389. The summed E-state index contributed by atoms with van der Waals surface area (Å²) >= 11 is 0. The Morgan fingerprint density at radius 1 is 1.50 bits per heavy atom. The number of rotatable bonds is 6. The minimum absolute atomic E-state index is 0.00555. The van der Waals surface area contributed by atoms with Crippen LogP contribution in [0.5, 0.6) is 0 Å². The lowest BCUT2D eigenvalue weighted by molar-refractivity contribution is -0.384. The van der Waals surface area contributed by atoms with Crippen LogP contribution in [-0.4, -0.2) is 24.4 Å². The monoisotopic (exact) mass is 223 g/mol. The molecule has 0 unspecified atom stereocenters. The fraction of sp³-hybridized carbons (Fsp3) is 0.364. The fourth-order valence-corrected chi connectivity index (χ4v) is 1.34. The van der Waals surface area contributed by atoms with E-state index >= 15 is 0 Å². The first-order valence-electron chi connectivity index (χ1n) is 4.87. The van der Waals surface area contributed by atoms with Crippen LogP contribution in [0.1, 0.15) is 12.0 Å². The molecule has 0 saturated heterocycles. The predicted octanol–water partition coefficient (Wildman–Crippen LogP) is 1.74. The molecule has 1 rings (SSSR count). The molecule has 0 radical (unpaired) electrons. The number of benzene rings is 1. The van der Waals surface area contributed by atoms with Crippen LogP contribution in [-0.2, 0) is 16.0 Å². The topological polar surface area (TPSA) is 69.4 Å². The Hall–Kier alpha value is -1.75. The van der Waals surface area contributed by atoms with E-state index < -0.39 is 4.92 Å². The van der Waals surface area contributed by atoms with Crippen LogP contribution < -0.4 is 0 Å². The van der Waals surface area contributed by atoms with E-state index in [1.807, 2.05) is 0 Å². The highest BCUT2D eigenvalue weighted by Crippen LogP contribution is 2.14. The van der Waals surface area contributed by atoms with Crippen molar-refractivity contribution in [1.82, 2.24) is 0 Å². The number of carbonyl (C=O) groups is 1. The third-order valence-electron chi connectivity index (χ3n) is 2.12. The highest BCUT2D eigenvalue weighted by Gasteiger charge is 2.07. The highest BCUT2D eigenvalue weighted by atomic mass is 16.6. The molecule has 0 amide bonds. The molecule has 86 valence electrons. The zero-order valence-corrected chi connectivity index (χ0v) is 9.01. The smallest absolute Gasteiger partial charge is 0.269 e. The normalized spacial score (nSPS) is 10.1. The third-order valence-corrected chi connectivity index (χ3v) is 2.12. The number of aryl methyl sites for hydroxylation is 1. The van der Waals surface area contributed by atoms with Gasteiger partial charge in [0.2, 0.25) is 0 Å². The predicted molar refractivity (Wildman–Crippen MR) is 58.3 cm³/mol. The van der Waals surface area contributed by atoms with Gasteiger partial charge in [0.25, 0.3) is 5.69 Å². The number of nitro benzene ring substituents is 1. The first-order valence-corrected chi connectivity index (χ1v) is 4.87. The van der Waals surface area contributed by atoms with E-state index in [1.54, 1.807) is 12.1 Å². The molecule has 5 heteroatoms. The molecule has 0 aliphatic rings. The van der Waals surface area contributed by atoms with Crippen molar-refractivity contribution in [2.24, 2.45) is 0 Å². The molecule has 0 aromatic heterocycles. The van der Waals surface area contributed by atoms with E-state index in [9.17, 15) is 14.9 Å². The number of carbonyl (C=O) groups excluding carboxylic acids is 1. The molecular weight excluding hydrogens is 210 g/mol. The number of methoxy groups -OCH3 is 1. The second-order valence-corrected chi connectivity index (χ2v) is 3.40. The number of ether oxygens (including phenoxy) is 1. The van der Waals surface area contributed by atoms with Gasteiger partial charge in [0.15, 0.2) is 5.78 Å². The molecule has 0 saturated carbocycles. The summed E-state index contributed by atoms with van der Waals surface area (Å²) in [5.41, 5.74) is 0.843. The van der Waals surface area contributed by atoms with Gasteiger partial charge in [-0.1, -0.05) is 12.1 Å². The largest absolute Gasteiger partial charge is 0.377 e. The molecule has 0 atom stereocenters. The first kappa shape index (κ1) is 12.3. The minimum atomic E-state index is -0.444. The first-order chi connectivity index (χ1) is 7.63. The van der Waals surface area contributed by atoms with Crippen LogP contribution in [0, 0.1) is 10.1 Å². The molecule has 16 heavy (non-hydrogen) atoms. The van der Waals surface area contributed by atoms with Crippen molar-refractivity contribution in [3.8, 4) is 0 Å². The lowest BCUT2D eigenvalue weighted by Gasteiger charge is -2.00. The quantitative estimate of drug-likeness (QED) is 0.544. The maximum absolute atomic E-state index is 11.2. The number of Topliss-reactive ketones (excluding diaryl/α,β-unsaturated/α-hetero) is 1. The summed E-state index contributed by atoms with van der Waals surface area (Å²) in [6, 6.07) is 6.31. The van der Waals surface area contributed by atoms with Gasteiger partial charge in [-0.3, -0.25) is 14.9 Å². The van der Waals surface area contributed by atoms with E-state index in [4.69, 9.17) is 4.74 Å². The average Bonchev–Trinajstić information content (AvgIpc) is 2.27. The number of nitro groups is 1. The van der Waals surface area contributed by atoms with Crippen molar-refractivity contribution < 1.29 is 14.5 Å². The zero-order valence-electron chi connectivity index (χ0n) is 9.01. The van der Waals surface area contributed by atoms with Gasteiger partial charge in [0.1, 0.15) is 6.61 Å². The lowest BCUT2D eigenvalue weighted by atomic mass is 10.1. The maximum Gasteiger partial charge on any atom is 0.269 e. The van der Waals surface area contributed by atoms with Gasteiger partial charge in [-0.15, -0.1) is 0 Å². The van der Waals surface area contributed by atoms with Crippen LogP contribution in [0.2, 0.25) is 0 Å². The molecule has 0 N–H and O–H groups in total. The van der Waals surface area contributed by atoms with E-state index in [0.717, 1.165) is 5.56 Å². The standard InChI is InChI=1S/C11H13NO4/c1-16-8-11(13)6-5-9-3-2-4-10(7-9)12(14)15/h2-4,7H,5-6,8H2,1H3. The van der Waals surface area contributed by atoms with Crippen molar-refractivity contribution in [1.29, 1.82) is 0 Å². The van der Waals surface area contributed by atoms with Crippen molar-refractivity contribution in [3.05, 3.63) is 39.9 Å². The zero-order chi connectivity index (χ0) is 12.0. The van der Waals surface area contributed by atoms with Crippen LogP contribution in [0.3, 0.4) is 0 Å². The van der Waals surface area contributed by atoms with E-state index in [0.29, 0.717) is 12.8 Å².